The third-order valence-corrected chi connectivity index (χ3v) is 3.84. The number of ether oxygens (including phenoxy) is 1. The fraction of sp³-hybridized carbons (Fsp3) is 0.500. The summed E-state index contributed by atoms with van der Waals surface area (Å²) in [6.07, 6.45) is -3.65. The van der Waals surface area contributed by atoms with E-state index in [1.165, 1.54) is 17.2 Å². The van der Waals surface area contributed by atoms with Crippen LogP contribution in [0.2, 0.25) is 0 Å². The zero-order valence-corrected chi connectivity index (χ0v) is 12.3. The van der Waals surface area contributed by atoms with Gasteiger partial charge < -0.3 is 25.4 Å². The molecule has 0 spiro atoms. The van der Waals surface area contributed by atoms with Gasteiger partial charge in [-0.3, -0.25) is 9.09 Å². The lowest BCUT2D eigenvalue weighted by Gasteiger charge is -2.16. The van der Waals surface area contributed by atoms with E-state index < -0.39 is 39.0 Å². The molecule has 3 heterocycles. The van der Waals surface area contributed by atoms with Crippen molar-refractivity contribution in [2.24, 2.45) is 0 Å². The van der Waals surface area contributed by atoms with E-state index in [0.717, 1.165) is 0 Å². The molecule has 2 aromatic rings. The summed E-state index contributed by atoms with van der Waals surface area (Å²) in [6, 6.07) is 0. The molecule has 0 radical (unpaired) electrons. The van der Waals surface area contributed by atoms with Crippen LogP contribution in [0.25, 0.3) is 11.2 Å². The fourth-order valence-electron chi connectivity index (χ4n) is 2.30. The van der Waals surface area contributed by atoms with Gasteiger partial charge in [0.1, 0.15) is 24.1 Å². The Bertz CT molecular complexity index is 767. The standard InChI is InChI=1S/C10H13FN5O6P/c11-5-4(1-21-23(18,19)20)22-10(7(5)17)16-3-15-6-8(12)13-2-14-9(6)16/h2-5,7,10,17H,1H2,(H2,12,13,14)(H2,18,19,20)/t4-,5+,7-,10-/m1/s1. The summed E-state index contributed by atoms with van der Waals surface area (Å²) in [4.78, 5) is 29.0. The van der Waals surface area contributed by atoms with Gasteiger partial charge in [0.15, 0.2) is 23.9 Å². The quantitative estimate of drug-likeness (QED) is 0.509. The van der Waals surface area contributed by atoms with Gasteiger partial charge in [-0.05, 0) is 0 Å². The Morgan fingerprint density at radius 1 is 1.43 bits per heavy atom. The minimum Gasteiger partial charge on any atom is -0.385 e. The number of aliphatic hydroxyl groups is 1. The molecule has 13 heteroatoms. The van der Waals surface area contributed by atoms with E-state index in [9.17, 15) is 14.1 Å². The largest absolute Gasteiger partial charge is 0.469 e. The lowest BCUT2D eigenvalue weighted by Crippen LogP contribution is -2.30. The molecule has 1 fully saturated rings. The third-order valence-electron chi connectivity index (χ3n) is 3.36. The number of rotatable bonds is 4. The zero-order valence-electron chi connectivity index (χ0n) is 11.4. The van der Waals surface area contributed by atoms with Gasteiger partial charge in [0.2, 0.25) is 0 Å². The fourth-order valence-corrected chi connectivity index (χ4v) is 2.64. The molecule has 1 aliphatic heterocycles. The number of halogens is 1. The number of imidazole rings is 1. The van der Waals surface area contributed by atoms with Crippen LogP contribution in [0.15, 0.2) is 12.7 Å². The van der Waals surface area contributed by atoms with Crippen molar-refractivity contribution in [3.05, 3.63) is 12.7 Å². The first-order valence-electron chi connectivity index (χ1n) is 6.38. The lowest BCUT2D eigenvalue weighted by atomic mass is 10.1. The Kier molecular flexibility index (Phi) is 4.04. The molecule has 3 rings (SSSR count). The van der Waals surface area contributed by atoms with Crippen LogP contribution in [0.3, 0.4) is 0 Å². The zero-order chi connectivity index (χ0) is 16.8. The van der Waals surface area contributed by atoms with Crippen molar-refractivity contribution in [3.8, 4) is 0 Å². The van der Waals surface area contributed by atoms with E-state index in [0.29, 0.717) is 0 Å². The van der Waals surface area contributed by atoms with Gasteiger partial charge in [0, 0.05) is 0 Å². The Balaban J connectivity index is 1.85. The molecule has 5 N–H and O–H groups in total. The van der Waals surface area contributed by atoms with Crippen LogP contribution in [0.5, 0.6) is 0 Å². The molecule has 2 aromatic heterocycles. The summed E-state index contributed by atoms with van der Waals surface area (Å²) in [7, 11) is -4.77. The number of hydrogen-bond acceptors (Lipinski definition) is 8. The van der Waals surface area contributed by atoms with Crippen molar-refractivity contribution < 1.29 is 33.1 Å². The van der Waals surface area contributed by atoms with Crippen molar-refractivity contribution in [2.45, 2.75) is 24.6 Å². The highest BCUT2D eigenvalue weighted by molar-refractivity contribution is 7.46. The normalized spacial score (nSPS) is 28.5. The van der Waals surface area contributed by atoms with E-state index >= 15 is 0 Å². The maximum absolute atomic E-state index is 14.1. The lowest BCUT2D eigenvalue weighted by molar-refractivity contribution is -0.0489. The molecule has 0 bridgehead atoms. The van der Waals surface area contributed by atoms with Crippen LogP contribution >= 0.6 is 7.82 Å². The molecule has 0 amide bonds. The van der Waals surface area contributed by atoms with Crippen molar-refractivity contribution in [3.63, 3.8) is 0 Å². The second kappa shape index (κ2) is 5.74. The maximum Gasteiger partial charge on any atom is 0.469 e. The second-order valence-corrected chi connectivity index (χ2v) is 6.11. The average molecular weight is 349 g/mol. The van der Waals surface area contributed by atoms with Crippen LogP contribution in [-0.4, -0.2) is 59.4 Å². The average Bonchev–Trinajstić information content (AvgIpc) is 3.01. The van der Waals surface area contributed by atoms with E-state index in [2.05, 4.69) is 19.5 Å². The van der Waals surface area contributed by atoms with Crippen LogP contribution in [0, 0.1) is 0 Å². The first kappa shape index (κ1) is 16.2. The number of fused-ring (bicyclic) bond motifs is 1. The smallest absolute Gasteiger partial charge is 0.385 e. The highest BCUT2D eigenvalue weighted by Gasteiger charge is 2.46. The topological polar surface area (TPSA) is 166 Å². The first-order chi connectivity index (χ1) is 10.8. The number of phosphoric ester groups is 1. The summed E-state index contributed by atoms with van der Waals surface area (Å²) in [5.41, 5.74) is 6.13. The van der Waals surface area contributed by atoms with Gasteiger partial charge >= 0.3 is 7.82 Å². The van der Waals surface area contributed by atoms with Crippen LogP contribution in [-0.2, 0) is 13.8 Å². The Morgan fingerprint density at radius 3 is 2.87 bits per heavy atom. The monoisotopic (exact) mass is 349 g/mol. The molecule has 11 nitrogen and oxygen atoms in total. The summed E-state index contributed by atoms with van der Waals surface area (Å²) in [5, 5.41) is 9.99. The Morgan fingerprint density at radius 2 is 2.17 bits per heavy atom. The van der Waals surface area contributed by atoms with Gasteiger partial charge in [-0.1, -0.05) is 0 Å². The molecule has 126 valence electrons. The number of hydrogen-bond donors (Lipinski definition) is 4. The van der Waals surface area contributed by atoms with E-state index in [-0.39, 0.29) is 17.0 Å². The SMILES string of the molecule is Nc1ncnc2c1ncn2[C@@H]1O[C@H](COP(=O)(O)O)[C@H](F)[C@H]1O. The molecule has 0 aromatic carbocycles. The number of aromatic nitrogens is 4. The van der Waals surface area contributed by atoms with Gasteiger partial charge in [-0.2, -0.15) is 0 Å². The molecule has 1 aliphatic rings. The maximum atomic E-state index is 14.1. The first-order valence-corrected chi connectivity index (χ1v) is 7.91. The predicted molar refractivity (Wildman–Crippen MR) is 72.5 cm³/mol. The minimum absolute atomic E-state index is 0.111. The van der Waals surface area contributed by atoms with Crippen molar-refractivity contribution in [1.82, 2.24) is 19.5 Å². The van der Waals surface area contributed by atoms with Crippen molar-refractivity contribution in [1.29, 1.82) is 0 Å². The number of nitrogens with two attached hydrogens (primary N) is 1. The van der Waals surface area contributed by atoms with Crippen LogP contribution in [0.1, 0.15) is 6.23 Å². The number of aliphatic hydroxyl groups excluding tert-OH is 1. The van der Waals surface area contributed by atoms with Gasteiger partial charge in [-0.25, -0.2) is 23.9 Å². The number of alkyl halides is 1. The molecule has 0 saturated carbocycles. The highest BCUT2D eigenvalue weighted by Crippen LogP contribution is 2.39. The number of nitrogens with zero attached hydrogens (tertiary/aromatic N) is 4. The summed E-state index contributed by atoms with van der Waals surface area (Å²) in [6.45, 7) is -0.719. The van der Waals surface area contributed by atoms with Crippen molar-refractivity contribution >= 4 is 24.8 Å². The van der Waals surface area contributed by atoms with Gasteiger partial charge in [-0.15, -0.1) is 0 Å². The van der Waals surface area contributed by atoms with Crippen LogP contribution < -0.4 is 5.73 Å². The van der Waals surface area contributed by atoms with Gasteiger partial charge in [0.25, 0.3) is 0 Å². The molecule has 0 aliphatic carbocycles. The summed E-state index contributed by atoms with van der Waals surface area (Å²) < 4.78 is 35.6. The second-order valence-electron chi connectivity index (χ2n) is 4.87. The molecule has 1 saturated heterocycles. The summed E-state index contributed by atoms with van der Waals surface area (Å²) >= 11 is 0. The number of phosphoric acid groups is 1. The van der Waals surface area contributed by atoms with E-state index in [1.807, 2.05) is 0 Å². The molecule has 23 heavy (non-hydrogen) atoms. The predicted octanol–water partition coefficient (Wildman–Crippen LogP) is -0.886. The Labute approximate surface area is 128 Å². The van der Waals surface area contributed by atoms with E-state index in [4.69, 9.17) is 20.3 Å². The van der Waals surface area contributed by atoms with Crippen LogP contribution in [0.4, 0.5) is 10.2 Å². The van der Waals surface area contributed by atoms with Gasteiger partial charge in [0.05, 0.1) is 12.9 Å². The Hall–Kier alpha value is -1.69. The van der Waals surface area contributed by atoms with Crippen molar-refractivity contribution in [2.75, 3.05) is 12.3 Å². The third kappa shape index (κ3) is 3.04. The summed E-state index contributed by atoms with van der Waals surface area (Å²) in [5.74, 6) is 0.111. The molecular weight excluding hydrogens is 336 g/mol. The molecule has 4 atom stereocenters. The number of nitrogen functional groups attached to an aromatic ring is 1. The highest BCUT2D eigenvalue weighted by atomic mass is 31.2. The molecular formula is C10H13FN5O6P. The molecule has 0 unspecified atom stereocenters. The minimum atomic E-state index is -4.77. The van der Waals surface area contributed by atoms with E-state index in [1.54, 1.807) is 0 Å². The number of anilines is 1.